The summed E-state index contributed by atoms with van der Waals surface area (Å²) in [6.45, 7) is 6.29. The summed E-state index contributed by atoms with van der Waals surface area (Å²) in [6.07, 6.45) is 0.474. The first kappa shape index (κ1) is 16.2. The lowest BCUT2D eigenvalue weighted by Crippen LogP contribution is -2.11. The Morgan fingerprint density at radius 1 is 1.32 bits per heavy atom. The van der Waals surface area contributed by atoms with Crippen LogP contribution in [-0.4, -0.2) is 23.3 Å². The maximum Gasteiger partial charge on any atom is 0.232 e. The number of ether oxygens (including phenoxy) is 1. The van der Waals surface area contributed by atoms with Gasteiger partial charge in [0.25, 0.3) is 0 Å². The fourth-order valence-corrected chi connectivity index (χ4v) is 1.66. The van der Waals surface area contributed by atoms with Gasteiger partial charge >= 0.3 is 0 Å². The highest BCUT2D eigenvalue weighted by Crippen LogP contribution is 2.25. The van der Waals surface area contributed by atoms with Crippen LogP contribution in [0.25, 0.3) is 11.4 Å². The number of halogens is 1. The van der Waals surface area contributed by atoms with E-state index in [-0.39, 0.29) is 18.6 Å². The van der Waals surface area contributed by atoms with Gasteiger partial charge in [-0.15, -0.1) is 0 Å². The van der Waals surface area contributed by atoms with Crippen molar-refractivity contribution in [3.63, 3.8) is 0 Å². The van der Waals surface area contributed by atoms with E-state index in [1.165, 1.54) is 0 Å². The Labute approximate surface area is 129 Å². The Morgan fingerprint density at radius 3 is 2.50 bits per heavy atom. The molecule has 2 aromatic rings. The molecule has 0 aliphatic rings. The summed E-state index contributed by atoms with van der Waals surface area (Å²) in [5, 5.41) is 3.98. The SMILES string of the molecule is CC(C)(C)c1nc(-c2ccc(OC/C(=C\F)CN)cc2)no1. The molecule has 0 atom stereocenters. The van der Waals surface area contributed by atoms with Crippen LogP contribution in [0.3, 0.4) is 0 Å². The second kappa shape index (κ2) is 6.70. The first-order valence-corrected chi connectivity index (χ1v) is 6.99. The normalized spacial score (nSPS) is 12.5. The van der Waals surface area contributed by atoms with Crippen LogP contribution in [0, 0.1) is 0 Å². The van der Waals surface area contributed by atoms with E-state index in [1.807, 2.05) is 32.9 Å². The van der Waals surface area contributed by atoms with Gasteiger partial charge in [0.05, 0.1) is 6.33 Å². The third-order valence-electron chi connectivity index (χ3n) is 3.02. The van der Waals surface area contributed by atoms with E-state index >= 15 is 0 Å². The van der Waals surface area contributed by atoms with Crippen LogP contribution < -0.4 is 10.5 Å². The van der Waals surface area contributed by atoms with Gasteiger partial charge in [-0.1, -0.05) is 25.9 Å². The fraction of sp³-hybridized carbons (Fsp3) is 0.375. The Hall–Kier alpha value is -2.21. The predicted octanol–water partition coefficient (Wildman–Crippen LogP) is 3.23. The summed E-state index contributed by atoms with van der Waals surface area (Å²) in [5.74, 6) is 1.74. The zero-order chi connectivity index (χ0) is 16.2. The summed E-state index contributed by atoms with van der Waals surface area (Å²) >= 11 is 0. The molecule has 1 heterocycles. The highest BCUT2D eigenvalue weighted by molar-refractivity contribution is 5.55. The van der Waals surface area contributed by atoms with Gasteiger partial charge in [0, 0.05) is 23.1 Å². The second-order valence-electron chi connectivity index (χ2n) is 5.96. The number of aromatic nitrogens is 2. The van der Waals surface area contributed by atoms with Crippen molar-refractivity contribution in [2.45, 2.75) is 26.2 Å². The molecule has 0 aliphatic carbocycles. The molecule has 118 valence electrons. The average Bonchev–Trinajstić information content (AvgIpc) is 2.99. The third kappa shape index (κ3) is 3.92. The quantitative estimate of drug-likeness (QED) is 0.918. The van der Waals surface area contributed by atoms with Crippen molar-refractivity contribution in [3.8, 4) is 17.1 Å². The van der Waals surface area contributed by atoms with Gasteiger partial charge in [-0.2, -0.15) is 4.98 Å². The van der Waals surface area contributed by atoms with Crippen molar-refractivity contribution in [2.24, 2.45) is 5.73 Å². The number of benzene rings is 1. The minimum absolute atomic E-state index is 0.128. The largest absolute Gasteiger partial charge is 0.489 e. The molecule has 6 heteroatoms. The molecule has 0 fully saturated rings. The summed E-state index contributed by atoms with van der Waals surface area (Å²) in [6, 6.07) is 7.20. The topological polar surface area (TPSA) is 74.2 Å². The summed E-state index contributed by atoms with van der Waals surface area (Å²) < 4.78 is 23.1. The fourth-order valence-electron chi connectivity index (χ4n) is 1.66. The van der Waals surface area contributed by atoms with Crippen molar-refractivity contribution in [3.05, 3.63) is 42.1 Å². The zero-order valence-corrected chi connectivity index (χ0v) is 13.0. The highest BCUT2D eigenvalue weighted by Gasteiger charge is 2.22. The van der Waals surface area contributed by atoms with Crippen LogP contribution in [0.2, 0.25) is 0 Å². The summed E-state index contributed by atoms with van der Waals surface area (Å²) in [5.41, 5.74) is 6.41. The molecule has 2 N–H and O–H groups in total. The Morgan fingerprint density at radius 2 is 2.00 bits per heavy atom. The first-order chi connectivity index (χ1) is 10.4. The van der Waals surface area contributed by atoms with Crippen LogP contribution in [0.4, 0.5) is 4.39 Å². The number of hydrogen-bond donors (Lipinski definition) is 1. The van der Waals surface area contributed by atoms with Gasteiger partial charge in [-0.05, 0) is 24.3 Å². The molecule has 2 rings (SSSR count). The Bertz CT molecular complexity index is 642. The van der Waals surface area contributed by atoms with Gasteiger partial charge in [0.2, 0.25) is 11.7 Å². The van der Waals surface area contributed by atoms with E-state index in [0.29, 0.717) is 29.4 Å². The standard InChI is InChI=1S/C16H20FN3O2/c1-16(2,3)15-19-14(20-22-15)12-4-6-13(7-5-12)21-10-11(8-17)9-18/h4-8H,9-10,18H2,1-3H3/b11-8-. The lowest BCUT2D eigenvalue weighted by atomic mass is 9.97. The molecule has 0 saturated carbocycles. The lowest BCUT2D eigenvalue weighted by molar-refractivity contribution is 0.321. The van der Waals surface area contributed by atoms with Crippen LogP contribution in [0.1, 0.15) is 26.7 Å². The summed E-state index contributed by atoms with van der Waals surface area (Å²) in [7, 11) is 0. The number of nitrogens with two attached hydrogens (primary N) is 1. The monoisotopic (exact) mass is 305 g/mol. The molecule has 1 aromatic carbocycles. The number of nitrogens with zero attached hydrogens (tertiary/aromatic N) is 2. The van der Waals surface area contributed by atoms with E-state index in [1.54, 1.807) is 12.1 Å². The van der Waals surface area contributed by atoms with Crippen molar-refractivity contribution >= 4 is 0 Å². The predicted molar refractivity (Wildman–Crippen MR) is 82.2 cm³/mol. The molecule has 0 spiro atoms. The second-order valence-corrected chi connectivity index (χ2v) is 5.96. The van der Waals surface area contributed by atoms with Gasteiger partial charge < -0.3 is 15.0 Å². The smallest absolute Gasteiger partial charge is 0.232 e. The molecular weight excluding hydrogens is 285 g/mol. The van der Waals surface area contributed by atoms with E-state index in [0.717, 1.165) is 5.56 Å². The molecule has 22 heavy (non-hydrogen) atoms. The number of rotatable bonds is 5. The lowest BCUT2D eigenvalue weighted by Gasteiger charge is -2.10. The van der Waals surface area contributed by atoms with Gasteiger partial charge in [-0.3, -0.25) is 0 Å². The number of hydrogen-bond acceptors (Lipinski definition) is 5. The van der Waals surface area contributed by atoms with Crippen molar-refractivity contribution in [1.82, 2.24) is 10.1 Å². The minimum atomic E-state index is -0.189. The molecule has 5 nitrogen and oxygen atoms in total. The van der Waals surface area contributed by atoms with E-state index in [2.05, 4.69) is 10.1 Å². The van der Waals surface area contributed by atoms with E-state index < -0.39 is 0 Å². The van der Waals surface area contributed by atoms with Crippen LogP contribution >= 0.6 is 0 Å². The Balaban J connectivity index is 2.07. The van der Waals surface area contributed by atoms with Gasteiger partial charge in [0.1, 0.15) is 12.4 Å². The van der Waals surface area contributed by atoms with E-state index in [9.17, 15) is 4.39 Å². The molecule has 0 bridgehead atoms. The average molecular weight is 305 g/mol. The zero-order valence-electron chi connectivity index (χ0n) is 13.0. The van der Waals surface area contributed by atoms with Gasteiger partial charge in [0.15, 0.2) is 0 Å². The highest BCUT2D eigenvalue weighted by atomic mass is 19.1. The molecule has 0 saturated heterocycles. The molecule has 0 radical (unpaired) electrons. The van der Waals surface area contributed by atoms with Crippen LogP contribution in [0.5, 0.6) is 5.75 Å². The maximum atomic E-state index is 12.4. The van der Waals surface area contributed by atoms with Crippen molar-refractivity contribution < 1.29 is 13.7 Å². The third-order valence-corrected chi connectivity index (χ3v) is 3.02. The molecule has 0 aliphatic heterocycles. The van der Waals surface area contributed by atoms with Crippen LogP contribution in [0.15, 0.2) is 40.7 Å². The maximum absolute atomic E-state index is 12.4. The molecular formula is C16H20FN3O2. The van der Waals surface area contributed by atoms with Gasteiger partial charge in [-0.25, -0.2) is 4.39 Å². The molecule has 1 aromatic heterocycles. The van der Waals surface area contributed by atoms with Crippen LogP contribution in [-0.2, 0) is 5.41 Å². The summed E-state index contributed by atoms with van der Waals surface area (Å²) in [4.78, 5) is 4.39. The van der Waals surface area contributed by atoms with Crippen molar-refractivity contribution in [2.75, 3.05) is 13.2 Å². The molecule has 0 unspecified atom stereocenters. The minimum Gasteiger partial charge on any atom is -0.489 e. The first-order valence-electron chi connectivity index (χ1n) is 6.99. The van der Waals surface area contributed by atoms with Crippen molar-refractivity contribution in [1.29, 1.82) is 0 Å². The Kier molecular flexibility index (Phi) is 4.92. The van der Waals surface area contributed by atoms with E-state index in [4.69, 9.17) is 15.0 Å². The molecule has 0 amide bonds.